The SMILES string of the molecule is CC(CCNC(=O)c1ccc(N2CCCC2)cc1)CC(=O)N1CCC2C1C(=O)CN2C(=O)C1CCCC1. The zero-order chi connectivity index (χ0) is 25.9. The van der Waals surface area contributed by atoms with E-state index in [4.69, 9.17) is 0 Å². The van der Waals surface area contributed by atoms with Gasteiger partial charge in [-0.15, -0.1) is 0 Å². The first kappa shape index (κ1) is 25.7. The number of carbonyl (C=O) groups is 4. The van der Waals surface area contributed by atoms with Crippen LogP contribution in [0.4, 0.5) is 5.69 Å². The molecule has 1 aromatic carbocycles. The molecule has 1 N–H and O–H groups in total. The summed E-state index contributed by atoms with van der Waals surface area (Å²) in [5, 5.41) is 2.97. The lowest BCUT2D eigenvalue weighted by Gasteiger charge is -2.26. The Labute approximate surface area is 219 Å². The minimum atomic E-state index is -0.478. The van der Waals surface area contributed by atoms with Crippen LogP contribution in [0.2, 0.25) is 0 Å². The molecule has 3 heterocycles. The number of benzene rings is 1. The average Bonchev–Trinajstić information content (AvgIpc) is 3.70. The standard InChI is InChI=1S/C29H40N4O4/c1-20(12-14-30-28(36)21-8-10-23(11-9-21)31-15-4-5-16-31)18-26(35)32-17-13-24-27(32)25(34)19-33(24)29(37)22-6-2-3-7-22/h8-11,20,22,24,27H,2-7,12-19H2,1H3,(H,30,36). The Morgan fingerprint density at radius 2 is 1.65 bits per heavy atom. The zero-order valence-electron chi connectivity index (χ0n) is 22.0. The molecule has 4 fully saturated rings. The topological polar surface area (TPSA) is 90.0 Å². The highest BCUT2D eigenvalue weighted by atomic mass is 16.2. The largest absolute Gasteiger partial charge is 0.372 e. The number of anilines is 1. The highest BCUT2D eigenvalue weighted by Gasteiger charge is 2.52. The van der Waals surface area contributed by atoms with Crippen LogP contribution in [0, 0.1) is 11.8 Å². The minimum absolute atomic E-state index is 0.00198. The van der Waals surface area contributed by atoms with Crippen LogP contribution in [0.25, 0.3) is 0 Å². The van der Waals surface area contributed by atoms with Gasteiger partial charge in [0.25, 0.3) is 5.91 Å². The van der Waals surface area contributed by atoms with E-state index >= 15 is 0 Å². The van der Waals surface area contributed by atoms with E-state index in [1.54, 1.807) is 9.80 Å². The quantitative estimate of drug-likeness (QED) is 0.583. The van der Waals surface area contributed by atoms with Crippen molar-refractivity contribution in [1.82, 2.24) is 15.1 Å². The van der Waals surface area contributed by atoms with Gasteiger partial charge in [0, 0.05) is 49.8 Å². The molecule has 37 heavy (non-hydrogen) atoms. The summed E-state index contributed by atoms with van der Waals surface area (Å²) in [6, 6.07) is 7.14. The first-order valence-electron chi connectivity index (χ1n) is 14.2. The molecule has 1 saturated carbocycles. The highest BCUT2D eigenvalue weighted by Crippen LogP contribution is 2.35. The van der Waals surface area contributed by atoms with Gasteiger partial charge in [-0.05, 0) is 68.7 Å². The predicted molar refractivity (Wildman–Crippen MR) is 141 cm³/mol. The van der Waals surface area contributed by atoms with E-state index in [1.165, 1.54) is 12.8 Å². The third-order valence-corrected chi connectivity index (χ3v) is 8.78. The molecule has 3 amide bonds. The van der Waals surface area contributed by atoms with E-state index < -0.39 is 6.04 Å². The number of Topliss-reactive ketones (excluding diaryl/α,β-unsaturated/α-hetero) is 1. The summed E-state index contributed by atoms with van der Waals surface area (Å²) in [5.74, 6) is 0.122. The van der Waals surface area contributed by atoms with Crippen LogP contribution in [0.15, 0.2) is 24.3 Å². The molecule has 8 heteroatoms. The number of ketones is 1. The molecule has 4 aliphatic rings. The lowest BCUT2D eigenvalue weighted by Crippen LogP contribution is -2.44. The van der Waals surface area contributed by atoms with Gasteiger partial charge >= 0.3 is 0 Å². The van der Waals surface area contributed by atoms with Crippen molar-refractivity contribution in [2.45, 2.75) is 76.8 Å². The van der Waals surface area contributed by atoms with Crippen molar-refractivity contribution in [1.29, 1.82) is 0 Å². The molecule has 200 valence electrons. The Morgan fingerprint density at radius 3 is 2.35 bits per heavy atom. The maximum atomic E-state index is 13.1. The molecular weight excluding hydrogens is 468 g/mol. The smallest absolute Gasteiger partial charge is 0.251 e. The third kappa shape index (κ3) is 5.53. The normalized spacial score (nSPS) is 24.6. The van der Waals surface area contributed by atoms with Crippen molar-refractivity contribution in [2.75, 3.05) is 37.6 Å². The Bertz CT molecular complexity index is 1010. The number of carbonyl (C=O) groups excluding carboxylic acids is 4. The van der Waals surface area contributed by atoms with Crippen molar-refractivity contribution < 1.29 is 19.2 Å². The second-order valence-corrected chi connectivity index (χ2v) is 11.4. The third-order valence-electron chi connectivity index (χ3n) is 8.78. The number of rotatable bonds is 8. The summed E-state index contributed by atoms with van der Waals surface area (Å²) in [7, 11) is 0. The highest BCUT2D eigenvalue weighted by molar-refractivity contribution is 5.98. The van der Waals surface area contributed by atoms with Gasteiger partial charge in [-0.1, -0.05) is 19.8 Å². The Balaban J connectivity index is 1.07. The van der Waals surface area contributed by atoms with Gasteiger partial charge in [-0.2, -0.15) is 0 Å². The van der Waals surface area contributed by atoms with Crippen LogP contribution in [-0.4, -0.2) is 78.1 Å². The molecule has 3 saturated heterocycles. The van der Waals surface area contributed by atoms with E-state index in [0.717, 1.165) is 44.5 Å². The molecule has 5 rings (SSSR count). The van der Waals surface area contributed by atoms with E-state index in [-0.39, 0.29) is 47.9 Å². The second kappa shape index (κ2) is 11.2. The van der Waals surface area contributed by atoms with Crippen molar-refractivity contribution >= 4 is 29.2 Å². The zero-order valence-corrected chi connectivity index (χ0v) is 22.0. The molecule has 0 radical (unpaired) electrons. The summed E-state index contributed by atoms with van der Waals surface area (Å²) in [5.41, 5.74) is 1.81. The fourth-order valence-electron chi connectivity index (χ4n) is 6.65. The van der Waals surface area contributed by atoms with Crippen LogP contribution in [0.1, 0.15) is 75.1 Å². The van der Waals surface area contributed by atoms with Gasteiger partial charge in [0.15, 0.2) is 5.78 Å². The lowest BCUT2D eigenvalue weighted by atomic mass is 10.0. The van der Waals surface area contributed by atoms with Gasteiger partial charge < -0.3 is 20.0 Å². The van der Waals surface area contributed by atoms with Crippen LogP contribution in [0.5, 0.6) is 0 Å². The van der Waals surface area contributed by atoms with Gasteiger partial charge in [-0.25, -0.2) is 0 Å². The molecule has 1 aliphatic carbocycles. The van der Waals surface area contributed by atoms with E-state index in [0.29, 0.717) is 37.9 Å². The van der Waals surface area contributed by atoms with Gasteiger partial charge in [0.2, 0.25) is 11.8 Å². The van der Waals surface area contributed by atoms with Crippen LogP contribution in [0.3, 0.4) is 0 Å². The minimum Gasteiger partial charge on any atom is -0.372 e. The summed E-state index contributed by atoms with van der Waals surface area (Å²) in [6.07, 6.45) is 8.15. The van der Waals surface area contributed by atoms with Crippen molar-refractivity contribution in [3.63, 3.8) is 0 Å². The fourth-order valence-corrected chi connectivity index (χ4v) is 6.65. The molecule has 3 aliphatic heterocycles. The molecule has 8 nitrogen and oxygen atoms in total. The molecule has 1 aromatic rings. The van der Waals surface area contributed by atoms with E-state index in [2.05, 4.69) is 10.2 Å². The Kier molecular flexibility index (Phi) is 7.81. The summed E-state index contributed by atoms with van der Waals surface area (Å²) < 4.78 is 0. The van der Waals surface area contributed by atoms with Crippen LogP contribution < -0.4 is 10.2 Å². The molecule has 3 unspecified atom stereocenters. The number of hydrogen-bond acceptors (Lipinski definition) is 5. The number of hydrogen-bond donors (Lipinski definition) is 1. The maximum Gasteiger partial charge on any atom is 0.251 e. The molecular formula is C29H40N4O4. The number of nitrogens with zero attached hydrogens (tertiary/aromatic N) is 3. The summed E-state index contributed by atoms with van der Waals surface area (Å²) >= 11 is 0. The molecule has 0 spiro atoms. The average molecular weight is 509 g/mol. The Morgan fingerprint density at radius 1 is 0.946 bits per heavy atom. The number of fused-ring (bicyclic) bond motifs is 1. The fraction of sp³-hybridized carbons (Fsp3) is 0.655. The molecule has 0 aromatic heterocycles. The lowest BCUT2D eigenvalue weighted by molar-refractivity contribution is -0.137. The summed E-state index contributed by atoms with van der Waals surface area (Å²) in [6.45, 7) is 5.34. The molecule has 0 bridgehead atoms. The summed E-state index contributed by atoms with van der Waals surface area (Å²) in [4.78, 5) is 57.3. The van der Waals surface area contributed by atoms with Crippen molar-refractivity contribution in [2.24, 2.45) is 11.8 Å². The number of amides is 3. The van der Waals surface area contributed by atoms with E-state index in [1.807, 2.05) is 31.2 Å². The van der Waals surface area contributed by atoms with Crippen molar-refractivity contribution in [3.05, 3.63) is 29.8 Å². The van der Waals surface area contributed by atoms with Gasteiger partial charge in [-0.3, -0.25) is 19.2 Å². The van der Waals surface area contributed by atoms with Crippen molar-refractivity contribution in [3.8, 4) is 0 Å². The molecule has 3 atom stereocenters. The first-order valence-corrected chi connectivity index (χ1v) is 14.2. The maximum absolute atomic E-state index is 13.1. The monoisotopic (exact) mass is 508 g/mol. The van der Waals surface area contributed by atoms with Gasteiger partial charge in [0.05, 0.1) is 12.6 Å². The van der Waals surface area contributed by atoms with E-state index in [9.17, 15) is 19.2 Å². The number of likely N-dealkylation sites (tertiary alicyclic amines) is 2. The second-order valence-electron chi connectivity index (χ2n) is 11.4. The number of nitrogens with one attached hydrogen (secondary N) is 1. The van der Waals surface area contributed by atoms with Crippen LogP contribution >= 0.6 is 0 Å². The Hall–Kier alpha value is -2.90. The first-order chi connectivity index (χ1) is 17.9. The van der Waals surface area contributed by atoms with Gasteiger partial charge in [0.1, 0.15) is 6.04 Å². The van der Waals surface area contributed by atoms with Crippen LogP contribution in [-0.2, 0) is 14.4 Å². The predicted octanol–water partition coefficient (Wildman–Crippen LogP) is 3.00.